The van der Waals surface area contributed by atoms with Crippen LogP contribution in [0.1, 0.15) is 12.5 Å². The molecule has 6 nitrogen and oxygen atoms in total. The summed E-state index contributed by atoms with van der Waals surface area (Å²) in [5, 5.41) is 15.6. The van der Waals surface area contributed by atoms with E-state index >= 15 is 0 Å². The molecule has 0 bridgehead atoms. The third-order valence-electron chi connectivity index (χ3n) is 2.90. The molecule has 1 aromatic heterocycles. The quantitative estimate of drug-likeness (QED) is 0.607. The zero-order chi connectivity index (χ0) is 15.6. The van der Waals surface area contributed by atoms with Gasteiger partial charge in [0.05, 0.1) is 6.10 Å². The van der Waals surface area contributed by atoms with E-state index in [2.05, 4.69) is 20.6 Å². The minimum Gasteiger partial charge on any atom is -0.424 e. The maximum Gasteiger partial charge on any atom is 0.321 e. The van der Waals surface area contributed by atoms with E-state index in [9.17, 15) is 0 Å². The zero-order valence-electron chi connectivity index (χ0n) is 12.7. The average Bonchev–Trinajstić information content (AvgIpc) is 2.52. The van der Waals surface area contributed by atoms with Crippen LogP contribution in [0, 0.1) is 0 Å². The summed E-state index contributed by atoms with van der Waals surface area (Å²) in [6, 6.07) is 9.92. The summed E-state index contributed by atoms with van der Waals surface area (Å²) in [5.74, 6) is 0.720. The number of benzene rings is 1. The second-order valence-electron chi connectivity index (χ2n) is 5.01. The van der Waals surface area contributed by atoms with Gasteiger partial charge in [0.1, 0.15) is 5.75 Å². The summed E-state index contributed by atoms with van der Waals surface area (Å²) in [5.41, 5.74) is 1.13. The number of ether oxygens (including phenoxy) is 1. The van der Waals surface area contributed by atoms with Gasteiger partial charge in [-0.05, 0) is 30.7 Å². The van der Waals surface area contributed by atoms with Crippen molar-refractivity contribution in [3.05, 3.63) is 48.3 Å². The Balaban J connectivity index is 1.74. The van der Waals surface area contributed by atoms with E-state index in [0.717, 1.165) is 30.9 Å². The number of nitrogens with zero attached hydrogens (tertiary/aromatic N) is 2. The molecule has 3 N–H and O–H groups in total. The van der Waals surface area contributed by atoms with E-state index < -0.39 is 0 Å². The first-order chi connectivity index (χ1) is 10.7. The van der Waals surface area contributed by atoms with Crippen LogP contribution in [0.15, 0.2) is 42.7 Å². The molecule has 1 unspecified atom stereocenters. The smallest absolute Gasteiger partial charge is 0.321 e. The second-order valence-corrected chi connectivity index (χ2v) is 5.01. The second kappa shape index (κ2) is 9.09. The van der Waals surface area contributed by atoms with Crippen LogP contribution in [0.2, 0.25) is 0 Å². The Labute approximate surface area is 130 Å². The van der Waals surface area contributed by atoms with E-state index in [1.807, 2.05) is 24.3 Å². The van der Waals surface area contributed by atoms with Crippen molar-refractivity contribution in [1.29, 1.82) is 0 Å². The van der Waals surface area contributed by atoms with Crippen molar-refractivity contribution in [3.8, 4) is 11.8 Å². The molecule has 2 rings (SSSR count). The molecule has 0 amide bonds. The Morgan fingerprint density at radius 2 is 1.91 bits per heavy atom. The van der Waals surface area contributed by atoms with E-state index in [1.54, 1.807) is 25.4 Å². The van der Waals surface area contributed by atoms with E-state index in [-0.39, 0.29) is 6.10 Å². The van der Waals surface area contributed by atoms with Crippen molar-refractivity contribution in [2.75, 3.05) is 19.6 Å². The van der Waals surface area contributed by atoms with Crippen LogP contribution < -0.4 is 15.4 Å². The highest BCUT2D eigenvalue weighted by Gasteiger charge is 2.01. The lowest BCUT2D eigenvalue weighted by atomic mass is 10.2. The van der Waals surface area contributed by atoms with Crippen molar-refractivity contribution in [3.63, 3.8) is 0 Å². The van der Waals surface area contributed by atoms with Gasteiger partial charge in [0.25, 0.3) is 0 Å². The van der Waals surface area contributed by atoms with Crippen molar-refractivity contribution < 1.29 is 9.84 Å². The van der Waals surface area contributed by atoms with Crippen molar-refractivity contribution in [1.82, 2.24) is 20.6 Å². The number of rotatable bonds is 9. The summed E-state index contributed by atoms with van der Waals surface area (Å²) in [4.78, 5) is 8.07. The van der Waals surface area contributed by atoms with Crippen LogP contribution in [-0.2, 0) is 6.54 Å². The maximum absolute atomic E-state index is 9.13. The van der Waals surface area contributed by atoms with Crippen LogP contribution in [0.25, 0.3) is 0 Å². The topological polar surface area (TPSA) is 79.3 Å². The fraction of sp³-hybridized carbons (Fsp3) is 0.375. The number of nitrogens with one attached hydrogen (secondary N) is 2. The molecule has 0 fully saturated rings. The number of aromatic nitrogens is 2. The van der Waals surface area contributed by atoms with E-state index in [4.69, 9.17) is 9.84 Å². The SMILES string of the molecule is CC(O)CNCCNCc1cccc(Oc2ncccn2)c1. The number of aliphatic hydroxyl groups is 1. The van der Waals surface area contributed by atoms with E-state index in [1.165, 1.54) is 0 Å². The molecule has 0 saturated heterocycles. The van der Waals surface area contributed by atoms with Gasteiger partial charge in [0, 0.05) is 38.6 Å². The van der Waals surface area contributed by atoms with Crippen LogP contribution in [0.4, 0.5) is 0 Å². The van der Waals surface area contributed by atoms with Gasteiger partial charge in [-0.1, -0.05) is 12.1 Å². The molecular weight excluding hydrogens is 280 g/mol. The molecule has 2 aromatic rings. The summed E-state index contributed by atoms with van der Waals surface area (Å²) in [6.45, 7) is 4.78. The lowest BCUT2D eigenvalue weighted by Gasteiger charge is -2.09. The Hall–Kier alpha value is -2.02. The lowest BCUT2D eigenvalue weighted by Crippen LogP contribution is -2.31. The number of hydrogen-bond donors (Lipinski definition) is 3. The van der Waals surface area contributed by atoms with Gasteiger partial charge < -0.3 is 20.5 Å². The Bertz CT molecular complexity index is 549. The minimum atomic E-state index is -0.311. The van der Waals surface area contributed by atoms with Crippen molar-refractivity contribution in [2.45, 2.75) is 19.6 Å². The van der Waals surface area contributed by atoms with Gasteiger partial charge in [-0.3, -0.25) is 0 Å². The molecule has 0 aliphatic heterocycles. The van der Waals surface area contributed by atoms with Crippen LogP contribution in [0.3, 0.4) is 0 Å². The minimum absolute atomic E-state index is 0.311. The molecule has 6 heteroatoms. The van der Waals surface area contributed by atoms with Gasteiger partial charge in [-0.15, -0.1) is 0 Å². The molecule has 0 aliphatic rings. The van der Waals surface area contributed by atoms with Gasteiger partial charge in [0.15, 0.2) is 0 Å². The van der Waals surface area contributed by atoms with Crippen LogP contribution >= 0.6 is 0 Å². The van der Waals surface area contributed by atoms with E-state index in [0.29, 0.717) is 12.6 Å². The first kappa shape index (κ1) is 16.4. The van der Waals surface area contributed by atoms with Crippen molar-refractivity contribution in [2.24, 2.45) is 0 Å². The molecule has 0 radical (unpaired) electrons. The molecule has 1 aromatic carbocycles. The Kier molecular flexibility index (Phi) is 6.76. The molecule has 1 atom stereocenters. The zero-order valence-corrected chi connectivity index (χ0v) is 12.7. The van der Waals surface area contributed by atoms with Gasteiger partial charge in [-0.25, -0.2) is 9.97 Å². The monoisotopic (exact) mass is 302 g/mol. The standard InChI is InChI=1S/C16H22N4O2/c1-13(21)11-17-8-9-18-12-14-4-2-5-15(10-14)22-16-19-6-3-7-20-16/h2-7,10,13,17-18,21H,8-9,11-12H2,1H3. The molecule has 0 aliphatic carbocycles. The Morgan fingerprint density at radius 1 is 1.14 bits per heavy atom. The van der Waals surface area contributed by atoms with Gasteiger partial charge in [-0.2, -0.15) is 0 Å². The fourth-order valence-electron chi connectivity index (χ4n) is 1.88. The Morgan fingerprint density at radius 3 is 2.68 bits per heavy atom. The summed E-state index contributed by atoms with van der Waals surface area (Å²) in [6.07, 6.45) is 2.98. The summed E-state index contributed by atoms with van der Waals surface area (Å²) < 4.78 is 5.60. The summed E-state index contributed by atoms with van der Waals surface area (Å²) >= 11 is 0. The molecule has 118 valence electrons. The highest BCUT2D eigenvalue weighted by molar-refractivity contribution is 5.30. The van der Waals surface area contributed by atoms with Crippen molar-refractivity contribution >= 4 is 0 Å². The largest absolute Gasteiger partial charge is 0.424 e. The predicted octanol–water partition coefficient (Wildman–Crippen LogP) is 1.33. The molecule has 0 saturated carbocycles. The first-order valence-electron chi connectivity index (χ1n) is 7.37. The molecule has 1 heterocycles. The molecular formula is C16H22N4O2. The summed E-state index contributed by atoms with van der Waals surface area (Å²) in [7, 11) is 0. The van der Waals surface area contributed by atoms with Gasteiger partial charge >= 0.3 is 6.01 Å². The van der Waals surface area contributed by atoms with Crippen LogP contribution in [0.5, 0.6) is 11.8 Å². The van der Waals surface area contributed by atoms with Crippen LogP contribution in [-0.4, -0.2) is 40.8 Å². The third-order valence-corrected chi connectivity index (χ3v) is 2.90. The predicted molar refractivity (Wildman–Crippen MR) is 84.8 cm³/mol. The fourth-order valence-corrected chi connectivity index (χ4v) is 1.88. The third kappa shape index (κ3) is 6.17. The molecule has 0 spiro atoms. The lowest BCUT2D eigenvalue weighted by molar-refractivity contribution is 0.191. The first-order valence-corrected chi connectivity index (χ1v) is 7.37. The highest BCUT2D eigenvalue weighted by Crippen LogP contribution is 2.18. The van der Waals surface area contributed by atoms with Gasteiger partial charge in [0.2, 0.25) is 0 Å². The highest BCUT2D eigenvalue weighted by atomic mass is 16.5. The normalized spacial score (nSPS) is 12.1. The average molecular weight is 302 g/mol. The number of aliphatic hydroxyl groups excluding tert-OH is 1. The maximum atomic E-state index is 9.13. The molecule has 22 heavy (non-hydrogen) atoms. The number of hydrogen-bond acceptors (Lipinski definition) is 6.